The van der Waals surface area contributed by atoms with Crippen molar-refractivity contribution < 1.29 is 15.3 Å². The SMILES string of the molecule is C.C.C.C.CC(C)(C)CC1CCC(C(C)(C)C)C(O)C1.CC(C)(C)CC1CCC(C(C)(C)C)C(O)C1.CC(C)(C)CC1CCC(C(C)(C)C)C(O)C1. The maximum absolute atomic E-state index is 10.3. The van der Waals surface area contributed by atoms with Gasteiger partial charge in [0.2, 0.25) is 0 Å². The van der Waals surface area contributed by atoms with Crippen LogP contribution >= 0.6 is 0 Å². The first-order valence-corrected chi connectivity index (χ1v) is 20.3. The van der Waals surface area contributed by atoms with Gasteiger partial charge in [0, 0.05) is 0 Å². The smallest absolute Gasteiger partial charge is 0.0576 e. The van der Waals surface area contributed by atoms with E-state index in [1.807, 2.05) is 0 Å². The highest BCUT2D eigenvalue weighted by Gasteiger charge is 2.39. The molecule has 0 aromatic rings. The van der Waals surface area contributed by atoms with Gasteiger partial charge in [0.15, 0.2) is 0 Å². The highest BCUT2D eigenvalue weighted by atomic mass is 16.3. The fourth-order valence-electron chi connectivity index (χ4n) is 9.88. The molecule has 0 amide bonds. The molecule has 320 valence electrons. The summed E-state index contributed by atoms with van der Waals surface area (Å²) in [5.74, 6) is 3.66. The minimum atomic E-state index is -0.0823. The van der Waals surface area contributed by atoms with E-state index in [9.17, 15) is 15.3 Å². The predicted octanol–water partition coefficient (Wildman–Crippen LogP) is 15.3. The average Bonchev–Trinajstić information content (AvgIpc) is 2.79. The monoisotopic (exact) mass is 743 g/mol. The van der Waals surface area contributed by atoms with Gasteiger partial charge < -0.3 is 15.3 Å². The Labute approximate surface area is 332 Å². The molecule has 0 aromatic heterocycles. The minimum Gasteiger partial charge on any atom is -0.393 e. The van der Waals surface area contributed by atoms with E-state index in [1.54, 1.807) is 0 Å². The zero-order valence-electron chi connectivity index (χ0n) is 36.0. The molecule has 3 nitrogen and oxygen atoms in total. The van der Waals surface area contributed by atoms with Gasteiger partial charge >= 0.3 is 0 Å². The van der Waals surface area contributed by atoms with Gasteiger partial charge in [0.05, 0.1) is 18.3 Å². The van der Waals surface area contributed by atoms with Crippen molar-refractivity contribution in [1.82, 2.24) is 0 Å². The quantitative estimate of drug-likeness (QED) is 0.270. The van der Waals surface area contributed by atoms with Crippen molar-refractivity contribution in [2.75, 3.05) is 0 Å². The predicted molar refractivity (Wildman–Crippen MR) is 238 cm³/mol. The van der Waals surface area contributed by atoms with Crippen LogP contribution in [-0.4, -0.2) is 33.6 Å². The van der Waals surface area contributed by atoms with E-state index >= 15 is 0 Å². The summed E-state index contributed by atoms with van der Waals surface area (Å²) in [5.41, 5.74) is 1.97. The lowest BCUT2D eigenvalue weighted by Gasteiger charge is -2.42. The fourth-order valence-corrected chi connectivity index (χ4v) is 9.88. The molecule has 9 unspecified atom stereocenters. The first-order chi connectivity index (χ1) is 21.3. The zero-order chi connectivity index (χ0) is 37.7. The summed E-state index contributed by atoms with van der Waals surface area (Å²) in [6.07, 6.45) is 14.1. The molecule has 3 aliphatic carbocycles. The molecule has 0 saturated heterocycles. The van der Waals surface area contributed by atoms with Gasteiger partial charge in [0.25, 0.3) is 0 Å². The van der Waals surface area contributed by atoms with Crippen molar-refractivity contribution in [3.8, 4) is 0 Å². The van der Waals surface area contributed by atoms with Crippen LogP contribution in [0.4, 0.5) is 0 Å². The van der Waals surface area contributed by atoms with Crippen molar-refractivity contribution in [2.24, 2.45) is 68.0 Å². The fraction of sp³-hybridized carbons (Fsp3) is 1.00. The van der Waals surface area contributed by atoms with Crippen LogP contribution in [0, 0.1) is 68.0 Å². The number of aliphatic hydroxyl groups excluding tert-OH is 3. The molecular weight excluding hydrogens is 637 g/mol. The zero-order valence-corrected chi connectivity index (χ0v) is 36.0. The highest BCUT2D eigenvalue weighted by Crippen LogP contribution is 2.45. The topological polar surface area (TPSA) is 60.7 Å². The summed E-state index contributed by atoms with van der Waals surface area (Å²) in [5, 5.41) is 30.8. The van der Waals surface area contributed by atoms with E-state index < -0.39 is 0 Å². The summed E-state index contributed by atoms with van der Waals surface area (Å²) in [4.78, 5) is 0. The molecular formula is C49H106O3. The molecule has 9 atom stereocenters. The van der Waals surface area contributed by atoms with E-state index in [1.165, 1.54) is 57.8 Å². The molecule has 0 bridgehead atoms. The second-order valence-corrected chi connectivity index (χ2v) is 24.0. The lowest BCUT2D eigenvalue weighted by molar-refractivity contribution is -0.0155. The molecule has 3 aliphatic rings. The van der Waals surface area contributed by atoms with Crippen molar-refractivity contribution in [1.29, 1.82) is 0 Å². The Hall–Kier alpha value is -0.120. The van der Waals surface area contributed by atoms with Gasteiger partial charge in [-0.25, -0.2) is 0 Å². The lowest BCUT2D eigenvalue weighted by atomic mass is 9.66. The maximum atomic E-state index is 10.3. The van der Waals surface area contributed by atoms with Crippen molar-refractivity contribution in [3.05, 3.63) is 0 Å². The average molecular weight is 743 g/mol. The number of aliphatic hydroxyl groups is 3. The van der Waals surface area contributed by atoms with Crippen LogP contribution in [0.25, 0.3) is 0 Å². The van der Waals surface area contributed by atoms with E-state index in [-0.39, 0.29) is 64.3 Å². The van der Waals surface area contributed by atoms with Crippen LogP contribution in [0.15, 0.2) is 0 Å². The van der Waals surface area contributed by atoms with E-state index in [0.717, 1.165) is 37.0 Å². The van der Waals surface area contributed by atoms with Gasteiger partial charge in [-0.15, -0.1) is 0 Å². The normalized spacial score (nSPS) is 30.3. The molecule has 52 heavy (non-hydrogen) atoms. The van der Waals surface area contributed by atoms with Gasteiger partial charge in [-0.05, 0) is 145 Å². The maximum Gasteiger partial charge on any atom is 0.0576 e. The second-order valence-electron chi connectivity index (χ2n) is 24.0. The van der Waals surface area contributed by atoms with Crippen LogP contribution < -0.4 is 0 Å². The lowest BCUT2D eigenvalue weighted by Crippen LogP contribution is -2.38. The number of hydrogen-bond donors (Lipinski definition) is 3. The van der Waals surface area contributed by atoms with Crippen LogP contribution in [0.3, 0.4) is 0 Å². The summed E-state index contributed by atoms with van der Waals surface area (Å²) < 4.78 is 0. The van der Waals surface area contributed by atoms with Gasteiger partial charge in [-0.2, -0.15) is 0 Å². The van der Waals surface area contributed by atoms with E-state index in [4.69, 9.17) is 0 Å². The van der Waals surface area contributed by atoms with E-state index in [2.05, 4.69) is 125 Å². The van der Waals surface area contributed by atoms with Gasteiger partial charge in [-0.3, -0.25) is 0 Å². The number of hydrogen-bond acceptors (Lipinski definition) is 3. The summed E-state index contributed by atoms with van der Waals surface area (Å²) in [7, 11) is 0. The Morgan fingerprint density at radius 2 is 0.500 bits per heavy atom. The Morgan fingerprint density at radius 1 is 0.327 bits per heavy atom. The largest absolute Gasteiger partial charge is 0.393 e. The molecule has 3 N–H and O–H groups in total. The third-order valence-corrected chi connectivity index (χ3v) is 11.8. The Bertz CT molecular complexity index is 775. The Balaban J connectivity index is -0.000000320. The molecule has 0 aromatic carbocycles. The van der Waals surface area contributed by atoms with Crippen LogP contribution in [0.5, 0.6) is 0 Å². The molecule has 0 aliphatic heterocycles. The van der Waals surface area contributed by atoms with Gasteiger partial charge in [0.1, 0.15) is 0 Å². The van der Waals surface area contributed by atoms with Crippen LogP contribution in [0.1, 0.15) is 231 Å². The van der Waals surface area contributed by atoms with Crippen LogP contribution in [0.2, 0.25) is 0 Å². The molecule has 3 fully saturated rings. The molecule has 0 heterocycles. The third-order valence-electron chi connectivity index (χ3n) is 11.8. The third kappa shape index (κ3) is 23.1. The molecule has 3 saturated carbocycles. The highest BCUT2D eigenvalue weighted by molar-refractivity contribution is 4.90. The van der Waals surface area contributed by atoms with Crippen molar-refractivity contribution >= 4 is 0 Å². The number of rotatable bonds is 3. The molecule has 3 rings (SSSR count). The Morgan fingerprint density at radius 3 is 0.615 bits per heavy atom. The second kappa shape index (κ2) is 22.6. The standard InChI is InChI=1S/3C15H30O.4CH4/c3*1-14(2,3)10-11-7-8-12(13(16)9-11)15(4,5)6;;;;/h3*11-13,16H,7-10H2,1-6H3;4*1H4. The summed E-state index contributed by atoms with van der Waals surface area (Å²) >= 11 is 0. The van der Waals surface area contributed by atoms with Crippen molar-refractivity contribution in [3.63, 3.8) is 0 Å². The molecule has 0 radical (unpaired) electrons. The first kappa shape index (κ1) is 58.6. The minimum absolute atomic E-state index is 0. The first-order valence-electron chi connectivity index (χ1n) is 20.3. The molecule has 3 heteroatoms. The van der Waals surface area contributed by atoms with Crippen LogP contribution in [-0.2, 0) is 0 Å². The van der Waals surface area contributed by atoms with E-state index in [0.29, 0.717) is 34.0 Å². The Kier molecular flexibility index (Phi) is 25.4. The van der Waals surface area contributed by atoms with Gasteiger partial charge in [-0.1, -0.05) is 154 Å². The summed E-state index contributed by atoms with van der Waals surface area (Å²) in [6.45, 7) is 41.0. The molecule has 0 spiro atoms. The van der Waals surface area contributed by atoms with Crippen molar-refractivity contribution in [2.45, 2.75) is 250 Å². The summed E-state index contributed by atoms with van der Waals surface area (Å²) in [6, 6.07) is 0.